The van der Waals surface area contributed by atoms with Crippen LogP contribution in [0.5, 0.6) is 0 Å². The van der Waals surface area contributed by atoms with E-state index in [2.05, 4.69) is 22.4 Å². The van der Waals surface area contributed by atoms with Crippen LogP contribution in [0.1, 0.15) is 16.4 Å². The van der Waals surface area contributed by atoms with Crippen LogP contribution >= 0.6 is 35.1 Å². The summed E-state index contributed by atoms with van der Waals surface area (Å²) in [6, 6.07) is 18.0. The molecule has 3 nitrogen and oxygen atoms in total. The molecule has 0 aromatic heterocycles. The number of nitrogens with one attached hydrogen (secondary N) is 1. The number of rotatable bonds is 5. The van der Waals surface area contributed by atoms with Crippen molar-refractivity contribution in [3.63, 3.8) is 0 Å². The van der Waals surface area contributed by atoms with Gasteiger partial charge in [0.15, 0.2) is 5.17 Å². The van der Waals surface area contributed by atoms with Gasteiger partial charge in [0.2, 0.25) is 5.91 Å². The van der Waals surface area contributed by atoms with Crippen molar-refractivity contribution in [2.45, 2.75) is 5.25 Å². The third kappa shape index (κ3) is 4.79. The first-order valence-corrected chi connectivity index (χ1v) is 10.0. The fourth-order valence-corrected chi connectivity index (χ4v) is 4.34. The quantitative estimate of drug-likeness (QED) is 0.841. The molecule has 0 spiro atoms. The highest BCUT2D eigenvalue weighted by Crippen LogP contribution is 2.35. The molecule has 0 bridgehead atoms. The Balaban J connectivity index is 1.70. The minimum atomic E-state index is -0.0111. The molecule has 1 heterocycles. The maximum absolute atomic E-state index is 12.2. The summed E-state index contributed by atoms with van der Waals surface area (Å²) >= 11 is 9.20. The van der Waals surface area contributed by atoms with E-state index in [1.807, 2.05) is 42.5 Å². The number of amides is 1. The van der Waals surface area contributed by atoms with Gasteiger partial charge in [0.25, 0.3) is 0 Å². The topological polar surface area (TPSA) is 41.5 Å². The van der Waals surface area contributed by atoms with Crippen LogP contribution in [0.4, 0.5) is 0 Å². The van der Waals surface area contributed by atoms with Crippen LogP contribution < -0.4 is 5.32 Å². The molecule has 124 valence electrons. The lowest BCUT2D eigenvalue weighted by Gasteiger charge is -2.17. The van der Waals surface area contributed by atoms with E-state index in [9.17, 15) is 4.79 Å². The van der Waals surface area contributed by atoms with E-state index >= 15 is 0 Å². The van der Waals surface area contributed by atoms with Gasteiger partial charge in [0, 0.05) is 10.8 Å². The van der Waals surface area contributed by atoms with Crippen LogP contribution in [0.2, 0.25) is 5.02 Å². The van der Waals surface area contributed by atoms with Gasteiger partial charge in [-0.2, -0.15) is 0 Å². The van der Waals surface area contributed by atoms with Crippen LogP contribution in [-0.4, -0.2) is 29.1 Å². The SMILES string of the molecule is O=C(CSC(c1ccccc1)c1ccc(Cl)cc1)NC1=NCCS1. The summed E-state index contributed by atoms with van der Waals surface area (Å²) < 4.78 is 0. The second-order valence-electron chi connectivity index (χ2n) is 5.24. The first-order chi connectivity index (χ1) is 11.7. The number of benzene rings is 2. The van der Waals surface area contributed by atoms with Gasteiger partial charge < -0.3 is 5.32 Å². The lowest BCUT2D eigenvalue weighted by Crippen LogP contribution is -2.29. The van der Waals surface area contributed by atoms with E-state index in [0.29, 0.717) is 10.8 Å². The molecule has 2 aromatic carbocycles. The van der Waals surface area contributed by atoms with Gasteiger partial charge in [0.05, 0.1) is 17.5 Å². The van der Waals surface area contributed by atoms with Gasteiger partial charge in [-0.15, -0.1) is 11.8 Å². The predicted molar refractivity (Wildman–Crippen MR) is 105 cm³/mol. The number of carbonyl (C=O) groups excluding carboxylic acids is 1. The van der Waals surface area contributed by atoms with Crippen molar-refractivity contribution in [2.24, 2.45) is 4.99 Å². The van der Waals surface area contributed by atoms with Crippen molar-refractivity contribution in [2.75, 3.05) is 18.1 Å². The highest BCUT2D eigenvalue weighted by molar-refractivity contribution is 8.14. The number of nitrogens with zero attached hydrogens (tertiary/aromatic N) is 1. The summed E-state index contributed by atoms with van der Waals surface area (Å²) in [5.41, 5.74) is 2.31. The lowest BCUT2D eigenvalue weighted by atomic mass is 10.0. The number of halogens is 1. The van der Waals surface area contributed by atoms with E-state index in [0.717, 1.165) is 23.0 Å². The van der Waals surface area contributed by atoms with E-state index in [-0.39, 0.29) is 11.2 Å². The molecule has 1 amide bonds. The van der Waals surface area contributed by atoms with Crippen molar-refractivity contribution in [3.8, 4) is 0 Å². The first-order valence-electron chi connectivity index (χ1n) is 7.61. The van der Waals surface area contributed by atoms with Crippen LogP contribution in [0.3, 0.4) is 0 Å². The van der Waals surface area contributed by atoms with Crippen LogP contribution in [0, 0.1) is 0 Å². The third-order valence-electron chi connectivity index (χ3n) is 3.49. The number of hydrogen-bond acceptors (Lipinski definition) is 4. The molecule has 0 saturated carbocycles. The minimum Gasteiger partial charge on any atom is -0.305 e. The standard InChI is InChI=1S/C18H17ClN2OS2/c19-15-8-6-14(7-9-15)17(13-4-2-1-3-5-13)24-12-16(22)21-18-20-10-11-23-18/h1-9,17H,10-12H2,(H,20,21,22). The summed E-state index contributed by atoms with van der Waals surface area (Å²) in [5, 5.41) is 4.42. The number of hydrogen-bond donors (Lipinski definition) is 1. The maximum atomic E-state index is 12.2. The van der Waals surface area contributed by atoms with Gasteiger partial charge in [-0.3, -0.25) is 9.79 Å². The average molecular weight is 377 g/mol. The molecule has 1 aliphatic heterocycles. The molecule has 3 rings (SSSR count). The van der Waals surface area contributed by atoms with Crippen LogP contribution in [0.15, 0.2) is 59.6 Å². The molecule has 0 saturated heterocycles. The molecular weight excluding hydrogens is 360 g/mol. The Hall–Kier alpha value is -1.43. The fraction of sp³-hybridized carbons (Fsp3) is 0.222. The van der Waals surface area contributed by atoms with Gasteiger partial charge in [0.1, 0.15) is 0 Å². The normalized spacial score (nSPS) is 15.0. The maximum Gasteiger partial charge on any atom is 0.235 e. The van der Waals surface area contributed by atoms with Crippen molar-refractivity contribution in [3.05, 3.63) is 70.7 Å². The largest absolute Gasteiger partial charge is 0.305 e. The smallest absolute Gasteiger partial charge is 0.235 e. The zero-order valence-corrected chi connectivity index (χ0v) is 15.3. The molecule has 1 atom stereocenters. The predicted octanol–water partition coefficient (Wildman–Crippen LogP) is 4.38. The molecule has 0 fully saturated rings. The summed E-state index contributed by atoms with van der Waals surface area (Å²) in [6.07, 6.45) is 0. The molecule has 1 unspecified atom stereocenters. The van der Waals surface area contributed by atoms with Crippen molar-refractivity contribution in [1.29, 1.82) is 0 Å². The Labute approximate surface area is 155 Å². The Morgan fingerprint density at radius 3 is 2.54 bits per heavy atom. The molecular formula is C18H17ClN2OS2. The number of aliphatic imine (C=N–C) groups is 1. The Morgan fingerprint density at radius 1 is 1.17 bits per heavy atom. The van der Waals surface area contributed by atoms with E-state index in [1.54, 1.807) is 23.5 Å². The van der Waals surface area contributed by atoms with E-state index < -0.39 is 0 Å². The zero-order chi connectivity index (χ0) is 16.8. The number of thioether (sulfide) groups is 2. The fourth-order valence-electron chi connectivity index (χ4n) is 2.38. The minimum absolute atomic E-state index is 0.0111. The van der Waals surface area contributed by atoms with Crippen molar-refractivity contribution < 1.29 is 4.79 Å². The number of carbonyl (C=O) groups is 1. The molecule has 2 aromatic rings. The average Bonchev–Trinajstić information content (AvgIpc) is 3.10. The second-order valence-corrected chi connectivity index (χ2v) is 7.85. The molecule has 6 heteroatoms. The summed E-state index contributed by atoms with van der Waals surface area (Å²) in [6.45, 7) is 0.783. The van der Waals surface area contributed by atoms with Gasteiger partial charge in [-0.1, -0.05) is 65.8 Å². The van der Waals surface area contributed by atoms with Crippen molar-refractivity contribution >= 4 is 46.2 Å². The third-order valence-corrected chi connectivity index (χ3v) is 5.94. The molecule has 1 aliphatic rings. The van der Waals surface area contributed by atoms with Gasteiger partial charge >= 0.3 is 0 Å². The lowest BCUT2D eigenvalue weighted by molar-refractivity contribution is -0.117. The molecule has 0 aliphatic carbocycles. The first kappa shape index (κ1) is 17.4. The zero-order valence-electron chi connectivity index (χ0n) is 12.9. The van der Waals surface area contributed by atoms with Gasteiger partial charge in [-0.05, 0) is 23.3 Å². The molecule has 1 N–H and O–H groups in total. The molecule has 24 heavy (non-hydrogen) atoms. The van der Waals surface area contributed by atoms with E-state index in [1.165, 1.54) is 5.56 Å². The van der Waals surface area contributed by atoms with Gasteiger partial charge in [-0.25, -0.2) is 0 Å². The van der Waals surface area contributed by atoms with E-state index in [4.69, 9.17) is 11.6 Å². The summed E-state index contributed by atoms with van der Waals surface area (Å²) in [7, 11) is 0. The summed E-state index contributed by atoms with van der Waals surface area (Å²) in [4.78, 5) is 16.4. The Morgan fingerprint density at radius 2 is 1.88 bits per heavy atom. The highest BCUT2D eigenvalue weighted by Gasteiger charge is 2.18. The molecule has 0 radical (unpaired) electrons. The summed E-state index contributed by atoms with van der Waals surface area (Å²) in [5.74, 6) is 1.31. The number of amidine groups is 1. The second kappa shape index (κ2) is 8.60. The van der Waals surface area contributed by atoms with Crippen LogP contribution in [-0.2, 0) is 4.79 Å². The Kier molecular flexibility index (Phi) is 6.24. The van der Waals surface area contributed by atoms with Crippen LogP contribution in [0.25, 0.3) is 0 Å². The highest BCUT2D eigenvalue weighted by atomic mass is 35.5. The Bertz CT molecular complexity index is 720. The van der Waals surface area contributed by atoms with Crippen molar-refractivity contribution in [1.82, 2.24) is 5.32 Å². The monoisotopic (exact) mass is 376 g/mol.